The van der Waals surface area contributed by atoms with Gasteiger partial charge >= 0.3 is 0 Å². The van der Waals surface area contributed by atoms with Crippen molar-refractivity contribution in [1.29, 1.82) is 0 Å². The van der Waals surface area contributed by atoms with Crippen LogP contribution in [0.25, 0.3) is 0 Å². The average molecular weight is 353 g/mol. The van der Waals surface area contributed by atoms with Crippen molar-refractivity contribution in [3.05, 3.63) is 41.9 Å². The summed E-state index contributed by atoms with van der Waals surface area (Å²) in [5.74, 6) is 0.810. The molecule has 1 aliphatic rings. The van der Waals surface area contributed by atoms with Gasteiger partial charge in [0.05, 0.1) is 0 Å². The van der Waals surface area contributed by atoms with Gasteiger partial charge in [-0.05, 0) is 44.0 Å². The summed E-state index contributed by atoms with van der Waals surface area (Å²) in [6.45, 7) is 3.23. The van der Waals surface area contributed by atoms with E-state index >= 15 is 0 Å². The monoisotopic (exact) mass is 353 g/mol. The number of hydrogen-bond acceptors (Lipinski definition) is 5. The van der Waals surface area contributed by atoms with Crippen LogP contribution in [0.2, 0.25) is 0 Å². The van der Waals surface area contributed by atoms with E-state index in [0.29, 0.717) is 17.3 Å². The molecule has 0 atom stereocenters. The van der Waals surface area contributed by atoms with Gasteiger partial charge in [0.25, 0.3) is 5.91 Å². The highest BCUT2D eigenvalue weighted by atomic mass is 16.2. The molecular weight excluding hydrogens is 330 g/mol. The van der Waals surface area contributed by atoms with E-state index in [9.17, 15) is 9.59 Å². The maximum Gasteiger partial charge on any atom is 0.270 e. The predicted molar refractivity (Wildman–Crippen MR) is 101 cm³/mol. The molecule has 3 rings (SSSR count). The smallest absolute Gasteiger partial charge is 0.270 e. The van der Waals surface area contributed by atoms with Crippen molar-refractivity contribution in [3.8, 4) is 0 Å². The number of nitrogens with zero attached hydrogens (tertiary/aromatic N) is 2. The van der Waals surface area contributed by atoms with E-state index in [1.807, 2.05) is 12.1 Å². The molecule has 3 N–H and O–H groups in total. The van der Waals surface area contributed by atoms with Gasteiger partial charge in [0, 0.05) is 30.4 Å². The number of aromatic nitrogens is 2. The van der Waals surface area contributed by atoms with Crippen LogP contribution < -0.4 is 16.0 Å². The van der Waals surface area contributed by atoms with E-state index < -0.39 is 0 Å². The number of benzene rings is 1. The molecule has 1 saturated carbocycles. The van der Waals surface area contributed by atoms with Crippen molar-refractivity contribution in [1.82, 2.24) is 15.3 Å². The summed E-state index contributed by atoms with van der Waals surface area (Å²) >= 11 is 0. The van der Waals surface area contributed by atoms with E-state index in [1.54, 1.807) is 25.1 Å². The molecule has 1 heterocycles. The zero-order valence-electron chi connectivity index (χ0n) is 15.0. The summed E-state index contributed by atoms with van der Waals surface area (Å²) in [5.41, 5.74) is 1.89. The lowest BCUT2D eigenvalue weighted by Gasteiger charge is -2.13. The third kappa shape index (κ3) is 4.78. The second kappa shape index (κ2) is 7.95. The minimum Gasteiger partial charge on any atom is -0.348 e. The molecule has 1 aliphatic carbocycles. The number of carbonyl (C=O) groups excluding carboxylic acids is 2. The molecule has 0 radical (unpaired) electrons. The molecule has 2 aromatic rings. The molecule has 7 heteroatoms. The quantitative estimate of drug-likeness (QED) is 0.767. The van der Waals surface area contributed by atoms with Gasteiger partial charge in [0.1, 0.15) is 17.3 Å². The Morgan fingerprint density at radius 2 is 1.69 bits per heavy atom. The number of hydrogen-bond donors (Lipinski definition) is 3. The van der Waals surface area contributed by atoms with Crippen LogP contribution in [0.15, 0.2) is 30.3 Å². The van der Waals surface area contributed by atoms with Crippen LogP contribution in [0.1, 0.15) is 48.9 Å². The van der Waals surface area contributed by atoms with Crippen LogP contribution in [-0.2, 0) is 4.79 Å². The third-order valence-corrected chi connectivity index (χ3v) is 4.24. The number of rotatable bonds is 5. The van der Waals surface area contributed by atoms with Crippen LogP contribution in [0.3, 0.4) is 0 Å². The second-order valence-electron chi connectivity index (χ2n) is 6.52. The first-order valence-electron chi connectivity index (χ1n) is 8.81. The SMILES string of the molecule is CC(=O)Nc1ccc(Nc2cc(C(=O)NC3CCCC3)nc(C)n2)cc1. The van der Waals surface area contributed by atoms with Gasteiger partial charge in [0.15, 0.2) is 0 Å². The highest BCUT2D eigenvalue weighted by molar-refractivity contribution is 5.93. The Morgan fingerprint density at radius 1 is 1.04 bits per heavy atom. The van der Waals surface area contributed by atoms with Crippen LogP contribution in [0.5, 0.6) is 0 Å². The Morgan fingerprint density at radius 3 is 2.35 bits per heavy atom. The largest absolute Gasteiger partial charge is 0.348 e. The Labute approximate surface area is 152 Å². The lowest BCUT2D eigenvalue weighted by atomic mass is 10.2. The maximum absolute atomic E-state index is 12.4. The van der Waals surface area contributed by atoms with Crippen molar-refractivity contribution in [3.63, 3.8) is 0 Å². The lowest BCUT2D eigenvalue weighted by Crippen LogP contribution is -2.33. The minimum atomic E-state index is -0.161. The molecular formula is C19H23N5O2. The Bertz CT molecular complexity index is 798. The fraction of sp³-hybridized carbons (Fsp3) is 0.368. The first-order chi connectivity index (χ1) is 12.5. The standard InChI is InChI=1S/C19H23N5O2/c1-12-20-17(19(26)24-14-5-3-4-6-14)11-18(21-12)23-16-9-7-15(8-10-16)22-13(2)25/h7-11,14H,3-6H2,1-2H3,(H,22,25)(H,24,26)(H,20,21,23). The Kier molecular flexibility index (Phi) is 5.46. The normalized spacial score (nSPS) is 14.1. The van der Waals surface area contributed by atoms with Crippen molar-refractivity contribution in [2.45, 2.75) is 45.6 Å². The van der Waals surface area contributed by atoms with Crippen molar-refractivity contribution < 1.29 is 9.59 Å². The van der Waals surface area contributed by atoms with Gasteiger partial charge in [-0.2, -0.15) is 0 Å². The van der Waals surface area contributed by atoms with Crippen molar-refractivity contribution in [2.75, 3.05) is 10.6 Å². The van der Waals surface area contributed by atoms with Crippen molar-refractivity contribution in [2.24, 2.45) is 0 Å². The first-order valence-corrected chi connectivity index (χ1v) is 8.81. The third-order valence-electron chi connectivity index (χ3n) is 4.24. The predicted octanol–water partition coefficient (Wildman–Crippen LogP) is 3.16. The number of anilines is 3. The van der Waals surface area contributed by atoms with Gasteiger partial charge in [-0.15, -0.1) is 0 Å². The van der Waals surface area contributed by atoms with Gasteiger partial charge in [-0.3, -0.25) is 9.59 Å². The topological polar surface area (TPSA) is 96.0 Å². The number of aryl methyl sites for hydroxylation is 1. The lowest BCUT2D eigenvalue weighted by molar-refractivity contribution is -0.114. The summed E-state index contributed by atoms with van der Waals surface area (Å²) in [4.78, 5) is 32.1. The molecule has 0 bridgehead atoms. The highest BCUT2D eigenvalue weighted by Crippen LogP contribution is 2.20. The molecule has 1 aromatic heterocycles. The van der Waals surface area contributed by atoms with Crippen LogP contribution in [-0.4, -0.2) is 27.8 Å². The second-order valence-corrected chi connectivity index (χ2v) is 6.52. The van der Waals surface area contributed by atoms with Crippen LogP contribution in [0, 0.1) is 6.92 Å². The molecule has 136 valence electrons. The summed E-state index contributed by atoms with van der Waals surface area (Å²) in [5, 5.41) is 8.93. The van der Waals surface area contributed by atoms with E-state index in [2.05, 4.69) is 25.9 Å². The summed E-state index contributed by atoms with van der Waals surface area (Å²) in [6, 6.07) is 9.16. The van der Waals surface area contributed by atoms with Gasteiger partial charge in [-0.25, -0.2) is 9.97 Å². The van der Waals surface area contributed by atoms with E-state index in [1.165, 1.54) is 6.92 Å². The molecule has 2 amide bonds. The first kappa shape index (κ1) is 17.8. The number of nitrogens with one attached hydrogen (secondary N) is 3. The molecule has 7 nitrogen and oxygen atoms in total. The van der Waals surface area contributed by atoms with Crippen molar-refractivity contribution >= 4 is 29.0 Å². The Balaban J connectivity index is 1.70. The zero-order chi connectivity index (χ0) is 18.5. The molecule has 0 saturated heterocycles. The minimum absolute atomic E-state index is 0.116. The van der Waals surface area contributed by atoms with E-state index in [-0.39, 0.29) is 17.9 Å². The molecule has 0 spiro atoms. The van der Waals surface area contributed by atoms with E-state index in [0.717, 1.165) is 37.1 Å². The zero-order valence-corrected chi connectivity index (χ0v) is 15.0. The molecule has 1 fully saturated rings. The molecule has 0 aliphatic heterocycles. The molecule has 26 heavy (non-hydrogen) atoms. The summed E-state index contributed by atoms with van der Waals surface area (Å²) < 4.78 is 0. The van der Waals surface area contributed by atoms with Gasteiger partial charge < -0.3 is 16.0 Å². The van der Waals surface area contributed by atoms with Gasteiger partial charge in [0.2, 0.25) is 5.91 Å². The summed E-state index contributed by atoms with van der Waals surface area (Å²) in [7, 11) is 0. The Hall–Kier alpha value is -2.96. The maximum atomic E-state index is 12.4. The number of carbonyl (C=O) groups is 2. The molecule has 1 aromatic carbocycles. The van der Waals surface area contributed by atoms with E-state index in [4.69, 9.17) is 0 Å². The number of amides is 2. The fourth-order valence-electron chi connectivity index (χ4n) is 3.07. The summed E-state index contributed by atoms with van der Waals surface area (Å²) in [6.07, 6.45) is 4.38. The molecule has 0 unspecified atom stereocenters. The fourth-order valence-corrected chi connectivity index (χ4v) is 3.07. The highest BCUT2D eigenvalue weighted by Gasteiger charge is 2.19. The average Bonchev–Trinajstić information content (AvgIpc) is 3.08. The van der Waals surface area contributed by atoms with Gasteiger partial charge in [-0.1, -0.05) is 12.8 Å². The van der Waals surface area contributed by atoms with Crippen LogP contribution >= 0.6 is 0 Å². The van der Waals surface area contributed by atoms with Crippen LogP contribution in [0.4, 0.5) is 17.2 Å².